The van der Waals surface area contributed by atoms with Gasteiger partial charge in [-0.2, -0.15) is 0 Å². The smallest absolute Gasteiger partial charge is 0.426 e. The van der Waals surface area contributed by atoms with E-state index in [-0.39, 0.29) is 28.1 Å². The highest BCUT2D eigenvalue weighted by Crippen LogP contribution is 2.53. The van der Waals surface area contributed by atoms with Crippen molar-refractivity contribution in [2.24, 2.45) is 0 Å². The molecule has 0 bridgehead atoms. The van der Waals surface area contributed by atoms with Crippen LogP contribution in [0.4, 0.5) is 0 Å². The minimum atomic E-state index is -1.98. The van der Waals surface area contributed by atoms with Crippen molar-refractivity contribution < 1.29 is 40.7 Å². The van der Waals surface area contributed by atoms with Crippen LogP contribution in [0.5, 0.6) is 34.5 Å². The van der Waals surface area contributed by atoms with Gasteiger partial charge in [-0.15, -0.1) is 0 Å². The van der Waals surface area contributed by atoms with E-state index >= 15 is 0 Å². The zero-order valence-electron chi connectivity index (χ0n) is 91.3. The molecular weight excluding hydrogens is 1730 g/mol. The third-order valence-corrected chi connectivity index (χ3v) is 31.3. The van der Waals surface area contributed by atoms with Gasteiger partial charge >= 0.3 is 25.8 Å². The Labute approximate surface area is 842 Å². The minimum Gasteiger partial charge on any atom is -0.426 e. The molecule has 0 saturated heterocycles. The summed E-state index contributed by atoms with van der Waals surface area (Å²) in [7, 11) is -5.52. The molecule has 9 nitrogen and oxygen atoms in total. The van der Waals surface area contributed by atoms with Gasteiger partial charge in [0.2, 0.25) is 0 Å². The second-order valence-corrected chi connectivity index (χ2v) is 47.2. The number of benzene rings is 6. The number of hydrogen-bond acceptors (Lipinski definition) is 9. The highest BCUT2D eigenvalue weighted by Gasteiger charge is 2.35. The molecule has 136 heavy (non-hydrogen) atoms. The fraction of sp³-hybridized carbons (Fsp3) is 0.710. The van der Waals surface area contributed by atoms with E-state index in [4.69, 9.17) is 40.7 Å². The van der Waals surface area contributed by atoms with Crippen LogP contribution in [0.3, 0.4) is 0 Å². The average molecular weight is 1930 g/mol. The average Bonchev–Trinajstić information content (AvgIpc) is 0.759. The quantitative estimate of drug-likeness (QED) is 0.0274. The second kappa shape index (κ2) is 72.5. The first-order chi connectivity index (χ1) is 65.9. The zero-order chi connectivity index (χ0) is 98.1. The molecule has 770 valence electrons. The van der Waals surface area contributed by atoms with E-state index in [0.717, 1.165) is 115 Å². The largest absolute Gasteiger partial charge is 0.530 e. The van der Waals surface area contributed by atoms with E-state index in [1.54, 1.807) is 0 Å². The van der Waals surface area contributed by atoms with Gasteiger partial charge in [0.25, 0.3) is 0 Å². The normalized spacial score (nSPS) is 12.8. The molecule has 0 aliphatic carbocycles. The Kier molecular flexibility index (Phi) is 64.0. The maximum absolute atomic E-state index is 7.38. The molecule has 12 heteroatoms. The first-order valence-electron chi connectivity index (χ1n) is 57.0. The van der Waals surface area contributed by atoms with Crippen molar-refractivity contribution in [2.75, 3.05) is 19.8 Å². The lowest BCUT2D eigenvalue weighted by Gasteiger charge is -2.33. The summed E-state index contributed by atoms with van der Waals surface area (Å²) in [4.78, 5) is 0. The van der Waals surface area contributed by atoms with Crippen LogP contribution in [0, 0.1) is 20.8 Å². The van der Waals surface area contributed by atoms with Crippen LogP contribution in [-0.4, -0.2) is 19.8 Å². The van der Waals surface area contributed by atoms with E-state index in [0.29, 0.717) is 19.8 Å². The monoisotopic (exact) mass is 1930 g/mol. The van der Waals surface area contributed by atoms with Gasteiger partial charge in [0.15, 0.2) is 0 Å². The molecule has 6 aromatic carbocycles. The minimum absolute atomic E-state index is 0.0716. The summed E-state index contributed by atoms with van der Waals surface area (Å²) in [5.41, 5.74) is 13.8. The lowest BCUT2D eigenvalue weighted by Crippen LogP contribution is -2.19. The molecule has 0 aliphatic rings. The van der Waals surface area contributed by atoms with Crippen LogP contribution in [0.15, 0.2) is 109 Å². The molecule has 3 atom stereocenters. The topological polar surface area (TPSA) is 83.1 Å². The Morgan fingerprint density at radius 2 is 0.434 bits per heavy atom. The third-order valence-electron chi connectivity index (χ3n) is 28.0. The summed E-state index contributed by atoms with van der Waals surface area (Å²) < 4.78 is 63.7. The summed E-state index contributed by atoms with van der Waals surface area (Å²) in [5, 5.41) is 0. The first-order valence-corrected chi connectivity index (χ1v) is 60.3. The predicted octanol–water partition coefficient (Wildman–Crippen LogP) is 42.9. The maximum Gasteiger partial charge on any atom is 0.530 e. The molecule has 0 aliphatic heterocycles. The summed E-state index contributed by atoms with van der Waals surface area (Å²) >= 11 is 0. The number of rotatable bonds is 83. The van der Waals surface area contributed by atoms with Gasteiger partial charge in [0, 0.05) is 22.6 Å². The van der Waals surface area contributed by atoms with Gasteiger partial charge in [0.05, 0.1) is 19.8 Å². The van der Waals surface area contributed by atoms with E-state index in [9.17, 15) is 0 Å². The van der Waals surface area contributed by atoms with E-state index in [2.05, 4.69) is 241 Å². The highest BCUT2D eigenvalue weighted by molar-refractivity contribution is 7.43. The van der Waals surface area contributed by atoms with Gasteiger partial charge in [-0.3, -0.25) is 4.52 Å². The van der Waals surface area contributed by atoms with Gasteiger partial charge in [-0.05, 0) is 212 Å². The van der Waals surface area contributed by atoms with Crippen molar-refractivity contribution >= 4 is 25.8 Å². The zero-order valence-corrected chi connectivity index (χ0v) is 94.0. The molecule has 0 N–H and O–H groups in total. The van der Waals surface area contributed by atoms with Gasteiger partial charge in [0.1, 0.15) is 34.5 Å². The predicted molar refractivity (Wildman–Crippen MR) is 595 cm³/mol. The van der Waals surface area contributed by atoms with Crippen LogP contribution in [-0.2, 0) is 49.1 Å². The number of aryl methyl sites for hydroxylation is 6. The molecule has 3 unspecified atom stereocenters. The second-order valence-electron chi connectivity index (χ2n) is 44.0. The Morgan fingerprint density at radius 1 is 0.228 bits per heavy atom. The fourth-order valence-corrected chi connectivity index (χ4v) is 22.3. The van der Waals surface area contributed by atoms with Gasteiger partial charge in [-0.25, -0.2) is 0 Å². The molecule has 0 heterocycles. The van der Waals surface area contributed by atoms with Crippen LogP contribution in [0.2, 0.25) is 0 Å². The Morgan fingerprint density at radius 3 is 0.691 bits per heavy atom. The van der Waals surface area contributed by atoms with Gasteiger partial charge < -0.3 is 36.2 Å². The summed E-state index contributed by atoms with van der Waals surface area (Å²) in [5.74, 6) is 4.71. The number of hydrogen-bond donors (Lipinski definition) is 0. The molecule has 0 radical (unpaired) electrons. The lowest BCUT2D eigenvalue weighted by atomic mass is 9.74. The summed E-state index contributed by atoms with van der Waals surface area (Å²) in [6.07, 6.45) is 77.8. The van der Waals surface area contributed by atoms with Crippen molar-refractivity contribution in [1.82, 2.24) is 0 Å². The Hall–Kier alpha value is -4.71. The molecule has 0 amide bonds. The molecule has 0 aromatic heterocycles. The van der Waals surface area contributed by atoms with Crippen molar-refractivity contribution in [1.29, 1.82) is 0 Å². The molecular formula is C124H205O9P3. The first kappa shape index (κ1) is 120. The molecule has 6 rings (SSSR count). The summed E-state index contributed by atoms with van der Waals surface area (Å²) in [6, 6.07) is 40.6. The molecule has 0 fully saturated rings. The van der Waals surface area contributed by atoms with Gasteiger partial charge in [-0.1, -0.05) is 493 Å². The molecule has 6 aromatic rings. The Balaban J connectivity index is 1.42. The van der Waals surface area contributed by atoms with Crippen molar-refractivity contribution in [2.45, 2.75) is 551 Å². The van der Waals surface area contributed by atoms with E-state index in [1.807, 2.05) is 0 Å². The highest BCUT2D eigenvalue weighted by atomic mass is 31.2. The van der Waals surface area contributed by atoms with Crippen molar-refractivity contribution in [3.8, 4) is 34.5 Å². The molecule has 0 saturated carbocycles. The molecule has 0 spiro atoms. The maximum atomic E-state index is 7.38. The third kappa shape index (κ3) is 51.5. The lowest BCUT2D eigenvalue weighted by molar-refractivity contribution is 0.197. The standard InChI is InChI=1S/C124H205O9P3/c1-20-26-32-38-44-47-50-53-56-62-68-74-92-125-134(126-93-75-69-63-57-54-51-48-45-39-33-27-21-2)131-119-97-104(9)113(100-117(119)123(14,15)16)115(114-101-118(124(17,18)19)120(98-105(114)10)132-135(127-94-76-70-64-58-55-52-49-46-40-34-28-22-3)128-109-86-80-106(81-87-109)77-71-65-59-41-35-29-23-4)95-102(7)112-99-116(122(11,12)13)121(96-103(112)8)133-136(129-110-88-82-107(83-89-110)78-72-66-60-42-36-30-24-5)130-111-90-84-108(85-91-111)79-73-67-61-43-37-31-25-6/h80-91,96-102,115H,20-79,92-95H2,1-19H3. The van der Waals surface area contributed by atoms with Crippen LogP contribution in [0.25, 0.3) is 0 Å². The van der Waals surface area contributed by atoms with Crippen LogP contribution >= 0.6 is 25.8 Å². The van der Waals surface area contributed by atoms with E-state index < -0.39 is 25.8 Å². The fourth-order valence-electron chi connectivity index (χ4n) is 19.2. The van der Waals surface area contributed by atoms with Crippen LogP contribution < -0.4 is 27.1 Å². The van der Waals surface area contributed by atoms with Crippen molar-refractivity contribution in [3.63, 3.8) is 0 Å². The Bertz CT molecular complexity index is 3850. The SMILES string of the molecule is CCCCCCCCCCCCCCOP(OCCCCCCCCCCCCCC)Oc1cc(C)c(C(CC(C)c2cc(C(C)(C)C)c(OP(Oc3ccc(CCCCCCCCC)cc3)Oc3ccc(CCCCCCCCC)cc3)cc2C)c2cc(C(C)(C)C)c(OP(OCCCCCCCCCCCCCC)Oc3ccc(CCCCCCCCC)cc3)cc2C)cc1C(C)(C)C. The van der Waals surface area contributed by atoms with E-state index in [1.165, 1.54) is 378 Å². The van der Waals surface area contributed by atoms with Crippen LogP contribution in [0.1, 0.15) is 562 Å². The summed E-state index contributed by atoms with van der Waals surface area (Å²) in [6.45, 7) is 46.0. The number of unbranched alkanes of at least 4 members (excludes halogenated alkanes) is 51. The van der Waals surface area contributed by atoms with Crippen molar-refractivity contribution in [3.05, 3.63) is 176 Å².